The SMILES string of the molecule is CCc1cccn1Cc1ccc(-c2ccccc2C2CCCNC2)cc1. The largest absolute Gasteiger partial charge is 0.347 e. The van der Waals surface area contributed by atoms with Crippen LogP contribution in [0.1, 0.15) is 42.5 Å². The summed E-state index contributed by atoms with van der Waals surface area (Å²) in [6.07, 6.45) is 5.82. The van der Waals surface area contributed by atoms with Crippen molar-refractivity contribution in [3.8, 4) is 11.1 Å². The smallest absolute Gasteiger partial charge is 0.0472 e. The lowest BCUT2D eigenvalue weighted by Crippen LogP contribution is -2.28. The van der Waals surface area contributed by atoms with Gasteiger partial charge in [-0.25, -0.2) is 0 Å². The van der Waals surface area contributed by atoms with Crippen molar-refractivity contribution in [1.82, 2.24) is 9.88 Å². The number of rotatable bonds is 5. The molecule has 0 spiro atoms. The van der Waals surface area contributed by atoms with Gasteiger partial charge in [0.15, 0.2) is 0 Å². The van der Waals surface area contributed by atoms with Gasteiger partial charge in [0.2, 0.25) is 0 Å². The van der Waals surface area contributed by atoms with Crippen molar-refractivity contribution in [2.24, 2.45) is 0 Å². The van der Waals surface area contributed by atoms with E-state index in [1.165, 1.54) is 40.8 Å². The third-order valence-corrected chi connectivity index (χ3v) is 5.60. The Hall–Kier alpha value is -2.32. The van der Waals surface area contributed by atoms with Gasteiger partial charge in [-0.05, 0) is 66.1 Å². The summed E-state index contributed by atoms with van der Waals surface area (Å²) >= 11 is 0. The fourth-order valence-corrected chi connectivity index (χ4v) is 4.14. The van der Waals surface area contributed by atoms with Crippen molar-refractivity contribution in [2.45, 2.75) is 38.6 Å². The highest BCUT2D eigenvalue weighted by Crippen LogP contribution is 2.32. The fraction of sp³-hybridized carbons (Fsp3) is 0.333. The van der Waals surface area contributed by atoms with Gasteiger partial charge in [-0.2, -0.15) is 0 Å². The van der Waals surface area contributed by atoms with E-state index in [-0.39, 0.29) is 0 Å². The highest BCUT2D eigenvalue weighted by atomic mass is 15.0. The molecule has 134 valence electrons. The first kappa shape index (κ1) is 17.1. The molecular weight excluding hydrogens is 316 g/mol. The number of hydrogen-bond donors (Lipinski definition) is 1. The van der Waals surface area contributed by atoms with Gasteiger partial charge in [0.25, 0.3) is 0 Å². The number of aromatic nitrogens is 1. The third kappa shape index (κ3) is 3.61. The van der Waals surface area contributed by atoms with Gasteiger partial charge in [0.1, 0.15) is 0 Å². The van der Waals surface area contributed by atoms with Gasteiger partial charge in [0.05, 0.1) is 0 Å². The van der Waals surface area contributed by atoms with E-state index in [1.807, 2.05) is 0 Å². The Kier molecular flexibility index (Phi) is 5.21. The molecule has 1 N–H and O–H groups in total. The molecule has 0 aliphatic carbocycles. The van der Waals surface area contributed by atoms with Crippen molar-refractivity contribution in [3.63, 3.8) is 0 Å². The fourth-order valence-electron chi connectivity index (χ4n) is 4.14. The van der Waals surface area contributed by atoms with Crippen LogP contribution >= 0.6 is 0 Å². The van der Waals surface area contributed by atoms with Crippen LogP contribution in [0.4, 0.5) is 0 Å². The molecule has 0 amide bonds. The lowest BCUT2D eigenvalue weighted by atomic mass is 9.86. The molecular formula is C24H28N2. The summed E-state index contributed by atoms with van der Waals surface area (Å²) in [4.78, 5) is 0. The summed E-state index contributed by atoms with van der Waals surface area (Å²) in [5, 5.41) is 3.55. The average Bonchev–Trinajstić information content (AvgIpc) is 3.16. The Morgan fingerprint density at radius 2 is 1.85 bits per heavy atom. The zero-order chi connectivity index (χ0) is 17.8. The van der Waals surface area contributed by atoms with Crippen LogP contribution in [0.3, 0.4) is 0 Å². The van der Waals surface area contributed by atoms with Gasteiger partial charge in [-0.3, -0.25) is 0 Å². The molecule has 2 heteroatoms. The molecule has 1 saturated heterocycles. The van der Waals surface area contributed by atoms with Gasteiger partial charge in [-0.1, -0.05) is 55.5 Å². The number of hydrogen-bond acceptors (Lipinski definition) is 1. The number of piperidine rings is 1. The van der Waals surface area contributed by atoms with E-state index in [4.69, 9.17) is 0 Å². The minimum absolute atomic E-state index is 0.631. The maximum absolute atomic E-state index is 3.55. The summed E-state index contributed by atoms with van der Waals surface area (Å²) in [5.41, 5.74) is 6.97. The van der Waals surface area contributed by atoms with Crippen molar-refractivity contribution in [1.29, 1.82) is 0 Å². The zero-order valence-electron chi connectivity index (χ0n) is 15.6. The second-order valence-corrected chi connectivity index (χ2v) is 7.31. The monoisotopic (exact) mass is 344 g/mol. The molecule has 0 saturated carbocycles. The Balaban J connectivity index is 1.57. The first-order valence-corrected chi connectivity index (χ1v) is 9.88. The Morgan fingerprint density at radius 1 is 1.00 bits per heavy atom. The lowest BCUT2D eigenvalue weighted by molar-refractivity contribution is 0.462. The van der Waals surface area contributed by atoms with Crippen molar-refractivity contribution in [2.75, 3.05) is 13.1 Å². The summed E-state index contributed by atoms with van der Waals surface area (Å²) in [6, 6.07) is 22.4. The predicted octanol–water partition coefficient (Wildman–Crippen LogP) is 5.23. The number of nitrogens with zero attached hydrogens (tertiary/aromatic N) is 1. The summed E-state index contributed by atoms with van der Waals surface area (Å²) in [6.45, 7) is 5.42. The van der Waals surface area contributed by atoms with E-state index in [9.17, 15) is 0 Å². The number of nitrogens with one attached hydrogen (secondary N) is 1. The molecule has 2 nitrogen and oxygen atoms in total. The Morgan fingerprint density at radius 3 is 2.62 bits per heavy atom. The van der Waals surface area contributed by atoms with Crippen LogP contribution in [0.25, 0.3) is 11.1 Å². The second kappa shape index (κ2) is 7.92. The number of aryl methyl sites for hydroxylation is 1. The molecule has 2 heterocycles. The summed E-state index contributed by atoms with van der Waals surface area (Å²) < 4.78 is 2.34. The molecule has 26 heavy (non-hydrogen) atoms. The third-order valence-electron chi connectivity index (χ3n) is 5.60. The van der Waals surface area contributed by atoms with Crippen molar-refractivity contribution in [3.05, 3.63) is 83.7 Å². The van der Waals surface area contributed by atoms with Crippen LogP contribution in [0, 0.1) is 0 Å². The van der Waals surface area contributed by atoms with E-state index in [1.54, 1.807) is 0 Å². The molecule has 1 atom stereocenters. The topological polar surface area (TPSA) is 17.0 Å². The number of benzene rings is 2. The van der Waals surface area contributed by atoms with Crippen LogP contribution in [-0.4, -0.2) is 17.7 Å². The van der Waals surface area contributed by atoms with Gasteiger partial charge in [0, 0.05) is 25.0 Å². The van der Waals surface area contributed by atoms with Gasteiger partial charge >= 0.3 is 0 Å². The van der Waals surface area contributed by atoms with E-state index in [0.29, 0.717) is 5.92 Å². The molecule has 1 unspecified atom stereocenters. The van der Waals surface area contributed by atoms with Crippen LogP contribution in [-0.2, 0) is 13.0 Å². The van der Waals surface area contributed by atoms with Gasteiger partial charge in [-0.15, -0.1) is 0 Å². The van der Waals surface area contributed by atoms with E-state index < -0.39 is 0 Å². The maximum atomic E-state index is 3.55. The molecule has 0 bridgehead atoms. The molecule has 0 radical (unpaired) electrons. The molecule has 1 fully saturated rings. The van der Waals surface area contributed by atoms with Crippen LogP contribution < -0.4 is 5.32 Å². The molecule has 1 aromatic heterocycles. The standard InChI is InChI=1S/C24H28N2/c1-2-22-8-6-16-26(22)18-19-11-13-20(14-12-19)23-9-3-4-10-24(23)21-7-5-15-25-17-21/h3-4,6,8-14,16,21,25H,2,5,7,15,17-18H2,1H3. The second-order valence-electron chi connectivity index (χ2n) is 7.31. The first-order valence-electron chi connectivity index (χ1n) is 9.88. The van der Waals surface area contributed by atoms with Crippen molar-refractivity contribution < 1.29 is 0 Å². The normalized spacial score (nSPS) is 17.3. The highest BCUT2D eigenvalue weighted by Gasteiger charge is 2.18. The van der Waals surface area contributed by atoms with Crippen LogP contribution in [0.2, 0.25) is 0 Å². The zero-order valence-corrected chi connectivity index (χ0v) is 15.6. The van der Waals surface area contributed by atoms with E-state index in [2.05, 4.69) is 83.7 Å². The minimum atomic E-state index is 0.631. The van der Waals surface area contributed by atoms with E-state index in [0.717, 1.165) is 26.1 Å². The van der Waals surface area contributed by atoms with E-state index >= 15 is 0 Å². The summed E-state index contributed by atoms with van der Waals surface area (Å²) in [7, 11) is 0. The highest BCUT2D eigenvalue weighted by molar-refractivity contribution is 5.68. The summed E-state index contributed by atoms with van der Waals surface area (Å²) in [5.74, 6) is 0.631. The van der Waals surface area contributed by atoms with Crippen LogP contribution in [0.5, 0.6) is 0 Å². The maximum Gasteiger partial charge on any atom is 0.0472 e. The minimum Gasteiger partial charge on any atom is -0.347 e. The predicted molar refractivity (Wildman–Crippen MR) is 110 cm³/mol. The molecule has 3 aromatic rings. The van der Waals surface area contributed by atoms with Gasteiger partial charge < -0.3 is 9.88 Å². The molecule has 2 aromatic carbocycles. The lowest BCUT2D eigenvalue weighted by Gasteiger charge is -2.25. The Bertz CT molecular complexity index is 839. The Labute approximate surface area is 156 Å². The average molecular weight is 345 g/mol. The van der Waals surface area contributed by atoms with Crippen LogP contribution in [0.15, 0.2) is 66.9 Å². The first-order chi connectivity index (χ1) is 12.8. The quantitative estimate of drug-likeness (QED) is 0.670. The molecule has 1 aliphatic rings. The molecule has 1 aliphatic heterocycles. The molecule has 4 rings (SSSR count). The van der Waals surface area contributed by atoms with Crippen molar-refractivity contribution >= 4 is 0 Å².